The molecular formula is C108H136Cl3N15O10S5. The number of carbonyl (C=O) groups is 5. The van der Waals surface area contributed by atoms with Crippen molar-refractivity contribution in [2.24, 2.45) is 23.7 Å². The molecular weight excluding hydrogens is 1930 g/mol. The largest absolute Gasteiger partial charge is 0.478 e. The van der Waals surface area contributed by atoms with Crippen molar-refractivity contribution in [2.45, 2.75) is 317 Å². The van der Waals surface area contributed by atoms with Gasteiger partial charge >= 0.3 is 29.8 Å². The van der Waals surface area contributed by atoms with Crippen molar-refractivity contribution >= 4 is 176 Å². The van der Waals surface area contributed by atoms with Gasteiger partial charge in [0.1, 0.15) is 17.3 Å². The fourth-order valence-electron chi connectivity index (χ4n) is 18.5. The maximum absolute atomic E-state index is 11.3. The molecule has 5 N–H and O–H groups in total. The Hall–Kier alpha value is -9.66. The van der Waals surface area contributed by atoms with E-state index in [2.05, 4.69) is 223 Å². The summed E-state index contributed by atoms with van der Waals surface area (Å²) in [5.41, 5.74) is 9.21. The topological polar surface area (TPSA) is 332 Å². The molecule has 25 nitrogen and oxygen atoms in total. The van der Waals surface area contributed by atoms with Gasteiger partial charge in [0, 0.05) is 136 Å². The van der Waals surface area contributed by atoms with Gasteiger partial charge < -0.3 is 45.1 Å². The molecule has 1 aromatic carbocycles. The highest BCUT2D eigenvalue weighted by atomic mass is 35.5. The van der Waals surface area contributed by atoms with E-state index in [1.807, 2.05) is 29.2 Å². The van der Waals surface area contributed by atoms with Gasteiger partial charge in [-0.05, 0) is 156 Å². The SMILES string of the molecule is CC(C)CN(c1ccc(C(=O)O)nc1)c1nc2c(s1)C(C)(C)CCC2(C)C.CC(C)CN(c1nc2c(s1)C(C)(C)CCC2(C)C)c1ncc(C(=O)O)cc1Cl.CC1(C)CCC(C)(C)c2sc(N(CC3CC3)c3cc(Cl)c(C(=O)O)cn3)nc21.CC1(C)CCC(C)(C)c2sc(N(CC3CC3)c3ncc(C(=O)O)cc3Cl)nc21.CC1(C)CCC(C)(C)c2sc(N(Cc3ccccc3)c3ccc(C(=O)O)cn3)nc21. The van der Waals surface area contributed by atoms with E-state index in [0.29, 0.717) is 70.1 Å². The van der Waals surface area contributed by atoms with Gasteiger partial charge in [0.25, 0.3) is 0 Å². The molecule has 33 heteroatoms. The lowest BCUT2D eigenvalue weighted by Gasteiger charge is -2.37. The van der Waals surface area contributed by atoms with Gasteiger partial charge in [0.2, 0.25) is 0 Å². The van der Waals surface area contributed by atoms with Crippen LogP contribution in [0.2, 0.25) is 15.1 Å². The summed E-state index contributed by atoms with van der Waals surface area (Å²) in [6.45, 7) is 58.0. The first-order valence-electron chi connectivity index (χ1n) is 48.8. The molecule has 7 aliphatic rings. The molecule has 754 valence electrons. The van der Waals surface area contributed by atoms with Gasteiger partial charge in [0.05, 0.1) is 84.2 Å². The molecule has 0 unspecified atom stereocenters. The summed E-state index contributed by atoms with van der Waals surface area (Å²) in [6, 6.07) is 21.6. The minimum atomic E-state index is -1.06. The average Bonchev–Trinajstić information content (AvgIpc) is 1.58. The smallest absolute Gasteiger partial charge is 0.354 e. The molecule has 18 rings (SSSR count). The molecule has 2 fully saturated rings. The number of aromatic nitrogens is 10. The minimum Gasteiger partial charge on any atom is -0.478 e. The van der Waals surface area contributed by atoms with Crippen LogP contribution in [0.25, 0.3) is 0 Å². The first kappa shape index (κ1) is 107. The number of pyridine rings is 5. The second kappa shape index (κ2) is 41.1. The first-order chi connectivity index (χ1) is 65.8. The van der Waals surface area contributed by atoms with Crippen LogP contribution in [0.15, 0.2) is 104 Å². The van der Waals surface area contributed by atoms with Crippen molar-refractivity contribution in [3.8, 4) is 0 Å². The number of nitrogens with zero attached hydrogens (tertiary/aromatic N) is 15. The number of halogens is 3. The molecule has 7 aliphatic carbocycles. The summed E-state index contributed by atoms with van der Waals surface area (Å²) < 4.78 is 0. The summed E-state index contributed by atoms with van der Waals surface area (Å²) in [7, 11) is 0. The third kappa shape index (κ3) is 24.1. The van der Waals surface area contributed by atoms with E-state index in [1.54, 1.807) is 87.1 Å². The number of rotatable bonds is 25. The number of hydrogen-bond donors (Lipinski definition) is 5. The third-order valence-electron chi connectivity index (χ3n) is 28.5. The number of benzene rings is 1. The lowest BCUT2D eigenvalue weighted by Crippen LogP contribution is -2.32. The Kier molecular flexibility index (Phi) is 31.2. The van der Waals surface area contributed by atoms with Crippen molar-refractivity contribution in [1.29, 1.82) is 0 Å². The number of aromatic carboxylic acids is 5. The van der Waals surface area contributed by atoms with Crippen LogP contribution in [-0.4, -0.2) is 131 Å². The second-order valence-corrected chi connectivity index (χ2v) is 52.4. The van der Waals surface area contributed by atoms with Gasteiger partial charge in [-0.2, -0.15) is 0 Å². The highest BCUT2D eigenvalue weighted by Crippen LogP contribution is 2.58. The molecule has 11 aromatic rings. The quantitative estimate of drug-likeness (QED) is 0.0355. The van der Waals surface area contributed by atoms with E-state index in [1.165, 1.54) is 110 Å². The van der Waals surface area contributed by atoms with Crippen LogP contribution in [0.5, 0.6) is 0 Å². The van der Waals surface area contributed by atoms with Gasteiger partial charge in [-0.15, -0.1) is 56.7 Å². The molecule has 0 radical (unpaired) electrons. The van der Waals surface area contributed by atoms with Crippen LogP contribution in [0.3, 0.4) is 0 Å². The predicted octanol–water partition coefficient (Wildman–Crippen LogP) is 28.9. The number of carboxylic acids is 5. The first-order valence-corrected chi connectivity index (χ1v) is 54.0. The Labute approximate surface area is 864 Å². The number of carboxylic acid groups (broad SMARTS) is 5. The van der Waals surface area contributed by atoms with Gasteiger partial charge in [-0.25, -0.2) is 73.8 Å². The Morgan fingerprint density at radius 2 is 0.681 bits per heavy atom. The van der Waals surface area contributed by atoms with Crippen molar-refractivity contribution < 1.29 is 49.5 Å². The van der Waals surface area contributed by atoms with E-state index in [0.717, 1.165) is 126 Å². The highest BCUT2D eigenvalue weighted by Gasteiger charge is 2.48. The van der Waals surface area contributed by atoms with Crippen LogP contribution < -0.4 is 24.5 Å². The summed E-state index contributed by atoms with van der Waals surface area (Å²) in [6.07, 6.45) is 23.3. The van der Waals surface area contributed by atoms with E-state index in [4.69, 9.17) is 64.8 Å². The van der Waals surface area contributed by atoms with Crippen LogP contribution in [-0.2, 0) is 60.7 Å². The Bertz CT molecular complexity index is 6140. The monoisotopic (exact) mass is 2070 g/mol. The van der Waals surface area contributed by atoms with Gasteiger partial charge in [0.15, 0.2) is 37.3 Å². The molecule has 10 aromatic heterocycles. The van der Waals surface area contributed by atoms with E-state index in [9.17, 15) is 44.4 Å². The lowest BCUT2D eigenvalue weighted by molar-refractivity contribution is 0.0681. The van der Waals surface area contributed by atoms with Gasteiger partial charge in [-0.3, -0.25) is 4.90 Å². The Morgan fingerprint density at radius 1 is 0.340 bits per heavy atom. The number of fused-ring (bicyclic) bond motifs is 5. The molecule has 0 atom stereocenters. The van der Waals surface area contributed by atoms with Crippen LogP contribution in [0.4, 0.5) is 54.6 Å². The molecule has 141 heavy (non-hydrogen) atoms. The average molecular weight is 2070 g/mol. The van der Waals surface area contributed by atoms with Crippen molar-refractivity contribution in [2.75, 3.05) is 50.7 Å². The molecule has 10 heterocycles. The van der Waals surface area contributed by atoms with Crippen LogP contribution in [0, 0.1) is 23.7 Å². The molecule has 0 spiro atoms. The number of anilines is 10. The van der Waals surface area contributed by atoms with Crippen LogP contribution in [0.1, 0.15) is 366 Å². The third-order valence-corrected chi connectivity index (χ3v) is 36.6. The summed E-state index contributed by atoms with van der Waals surface area (Å²) in [5, 5.41) is 51.5. The van der Waals surface area contributed by atoms with E-state index < -0.39 is 29.8 Å². The number of thiazole rings is 5. The minimum absolute atomic E-state index is 0.0255. The van der Waals surface area contributed by atoms with Crippen molar-refractivity contribution in [1.82, 2.24) is 49.8 Å². The standard InChI is InChI=1S/C24H27N3O2S.2C21H26ClN3O2S.C21H28ClN3O2S.C21H29N3O2S/c1-23(2)12-13-24(3,4)20-19(23)26-22(30-20)27(15-16-8-6-5-7-9-16)18-11-10-17(14-25-18)21(28)29;1-20(2)7-8-21(3,4)17-16(20)24-19(28-17)25(11-12-5-6-12)15-9-14(22)13(10-23-15)18(26)27;1-20(2)7-8-21(3,4)16-15(20)24-19(28-16)25(11-12-5-6-12)17-14(22)9-13(10-23-17)18(26)27;1-12(2)11-25(17-14(22)9-13(10-23-17)18(26)27)19-24-15-16(28-19)21(5,6)8-7-20(15,3)4;1-13(2)12-24(14-7-8-15(18(25)26)22-11-14)19-23-16-17(27-19)21(5,6)10-9-20(16,3)4/h5-11,14H,12-13,15H2,1-4H3,(H,28,29);2*9-10,12H,5-8,11H2,1-4H3,(H,26,27);9-10,12H,7-8,11H2,1-6H3,(H,26,27);7-8,11,13H,9-10,12H2,1-6H3,(H,25,26). The van der Waals surface area contributed by atoms with Crippen LogP contribution >= 0.6 is 91.5 Å². The van der Waals surface area contributed by atoms with E-state index in [-0.39, 0.29) is 87.1 Å². The summed E-state index contributed by atoms with van der Waals surface area (Å²) in [4.78, 5) is 121. The summed E-state index contributed by atoms with van der Waals surface area (Å²) in [5.74, 6) is -0.553. The highest BCUT2D eigenvalue weighted by molar-refractivity contribution is 7.17. The lowest BCUT2D eigenvalue weighted by atomic mass is 9.69. The molecule has 0 saturated heterocycles. The second-order valence-electron chi connectivity index (χ2n) is 46.3. The van der Waals surface area contributed by atoms with E-state index >= 15 is 0 Å². The predicted molar refractivity (Wildman–Crippen MR) is 573 cm³/mol. The molecule has 0 aliphatic heterocycles. The van der Waals surface area contributed by atoms with Crippen molar-refractivity contribution in [3.05, 3.63) is 205 Å². The zero-order valence-electron chi connectivity index (χ0n) is 85.7. The Morgan fingerprint density at radius 3 is 1.01 bits per heavy atom. The van der Waals surface area contributed by atoms with Crippen molar-refractivity contribution in [3.63, 3.8) is 0 Å². The normalized spacial score (nSPS) is 18.3. The summed E-state index contributed by atoms with van der Waals surface area (Å²) >= 11 is 27.9. The zero-order valence-corrected chi connectivity index (χ0v) is 92.1. The van der Waals surface area contributed by atoms with Gasteiger partial charge in [-0.1, -0.05) is 231 Å². The zero-order chi connectivity index (χ0) is 103. The fraction of sp³-hybridized carbons (Fsp3) is 0.528. The Balaban J connectivity index is 0.000000140. The maximum Gasteiger partial charge on any atom is 0.354 e. The maximum atomic E-state index is 11.3. The molecule has 2 saturated carbocycles. The molecule has 0 bridgehead atoms. The number of hydrogen-bond acceptors (Lipinski definition) is 25. The fourth-order valence-corrected chi connectivity index (χ4v) is 26.2. The molecule has 0 amide bonds.